The van der Waals surface area contributed by atoms with Crippen molar-refractivity contribution in [2.45, 2.75) is 13.1 Å². The molecule has 0 aliphatic carbocycles. The molecule has 0 aliphatic heterocycles. The third-order valence-corrected chi connectivity index (χ3v) is 4.11. The highest BCUT2D eigenvalue weighted by Gasteiger charge is 2.10. The number of quaternary nitrogens is 1. The number of nitrogens with one attached hydrogen (secondary N) is 2. The molecule has 0 heterocycles. The minimum Gasteiger partial charge on any atom is -0.347 e. The SMILES string of the molecule is C[NH+](CC(=O)NCc1ccccc1)Cc1ccc2ccccc2c1. The smallest absolute Gasteiger partial charge is 0.275 e. The lowest BCUT2D eigenvalue weighted by molar-refractivity contribution is -0.885. The van der Waals surface area contributed by atoms with Crippen LogP contribution in [-0.4, -0.2) is 19.5 Å². The summed E-state index contributed by atoms with van der Waals surface area (Å²) in [7, 11) is 2.05. The number of likely N-dealkylation sites (N-methyl/N-ethyl adjacent to an activating group) is 1. The molecule has 1 amide bonds. The van der Waals surface area contributed by atoms with Crippen molar-refractivity contribution in [2.24, 2.45) is 0 Å². The van der Waals surface area contributed by atoms with Crippen LogP contribution < -0.4 is 10.2 Å². The molecule has 24 heavy (non-hydrogen) atoms. The Labute approximate surface area is 142 Å². The maximum Gasteiger partial charge on any atom is 0.275 e. The van der Waals surface area contributed by atoms with Gasteiger partial charge in [0, 0.05) is 12.1 Å². The van der Waals surface area contributed by atoms with E-state index in [-0.39, 0.29) is 5.91 Å². The van der Waals surface area contributed by atoms with E-state index in [4.69, 9.17) is 0 Å². The van der Waals surface area contributed by atoms with E-state index < -0.39 is 0 Å². The molecule has 0 aromatic heterocycles. The van der Waals surface area contributed by atoms with Crippen molar-refractivity contribution < 1.29 is 9.69 Å². The molecular formula is C21H23N2O+. The summed E-state index contributed by atoms with van der Waals surface area (Å²) >= 11 is 0. The maximum atomic E-state index is 12.1. The fourth-order valence-corrected chi connectivity index (χ4v) is 2.89. The van der Waals surface area contributed by atoms with Gasteiger partial charge < -0.3 is 10.2 Å². The van der Waals surface area contributed by atoms with Crippen molar-refractivity contribution in [1.29, 1.82) is 0 Å². The van der Waals surface area contributed by atoms with Gasteiger partial charge in [0.05, 0.1) is 7.05 Å². The molecule has 0 radical (unpaired) electrons. The second-order valence-electron chi connectivity index (χ2n) is 6.25. The van der Waals surface area contributed by atoms with Gasteiger partial charge in [0.2, 0.25) is 0 Å². The number of hydrogen-bond donors (Lipinski definition) is 2. The highest BCUT2D eigenvalue weighted by molar-refractivity contribution is 5.83. The normalized spacial score (nSPS) is 12.0. The predicted octanol–water partition coefficient (Wildman–Crippen LogP) is 2.17. The van der Waals surface area contributed by atoms with Crippen molar-refractivity contribution in [3.63, 3.8) is 0 Å². The van der Waals surface area contributed by atoms with Crippen LogP contribution in [0.3, 0.4) is 0 Å². The number of hydrogen-bond acceptors (Lipinski definition) is 1. The Morgan fingerprint density at radius 1 is 0.875 bits per heavy atom. The summed E-state index contributed by atoms with van der Waals surface area (Å²) in [5, 5.41) is 5.48. The zero-order valence-electron chi connectivity index (χ0n) is 14.0. The molecule has 3 aromatic carbocycles. The molecule has 0 fully saturated rings. The second kappa shape index (κ2) is 7.75. The van der Waals surface area contributed by atoms with Crippen LogP contribution in [0.4, 0.5) is 0 Å². The minimum atomic E-state index is 0.0807. The van der Waals surface area contributed by atoms with Crippen molar-refractivity contribution in [3.05, 3.63) is 83.9 Å². The topological polar surface area (TPSA) is 33.5 Å². The molecule has 122 valence electrons. The molecule has 2 N–H and O–H groups in total. The van der Waals surface area contributed by atoms with Gasteiger partial charge in [-0.25, -0.2) is 0 Å². The first-order valence-electron chi connectivity index (χ1n) is 8.30. The first kappa shape index (κ1) is 16.2. The van der Waals surface area contributed by atoms with Gasteiger partial charge in [0.25, 0.3) is 5.91 Å². The summed E-state index contributed by atoms with van der Waals surface area (Å²) in [6.07, 6.45) is 0. The molecule has 1 atom stereocenters. The highest BCUT2D eigenvalue weighted by atomic mass is 16.2. The molecule has 0 bridgehead atoms. The Kier molecular flexibility index (Phi) is 5.24. The van der Waals surface area contributed by atoms with E-state index in [1.54, 1.807) is 0 Å². The first-order valence-corrected chi connectivity index (χ1v) is 8.30. The monoisotopic (exact) mass is 319 g/mol. The van der Waals surface area contributed by atoms with Crippen LogP contribution in [0.15, 0.2) is 72.8 Å². The van der Waals surface area contributed by atoms with Gasteiger partial charge in [-0.15, -0.1) is 0 Å². The van der Waals surface area contributed by atoms with E-state index in [0.717, 1.165) is 12.1 Å². The van der Waals surface area contributed by atoms with Gasteiger partial charge in [-0.05, 0) is 22.4 Å². The summed E-state index contributed by atoms with van der Waals surface area (Å²) in [5.41, 5.74) is 2.38. The minimum absolute atomic E-state index is 0.0807. The van der Waals surface area contributed by atoms with Crippen LogP contribution >= 0.6 is 0 Å². The Morgan fingerprint density at radius 3 is 2.38 bits per heavy atom. The summed E-state index contributed by atoms with van der Waals surface area (Å²) < 4.78 is 0. The van der Waals surface area contributed by atoms with Gasteiger partial charge in [0.1, 0.15) is 6.54 Å². The van der Waals surface area contributed by atoms with E-state index in [9.17, 15) is 4.79 Å². The van der Waals surface area contributed by atoms with Gasteiger partial charge in [-0.2, -0.15) is 0 Å². The molecule has 3 rings (SSSR count). The number of carbonyl (C=O) groups is 1. The average Bonchev–Trinajstić information content (AvgIpc) is 2.60. The van der Waals surface area contributed by atoms with E-state index in [1.807, 2.05) is 30.3 Å². The molecule has 0 aliphatic rings. The van der Waals surface area contributed by atoms with Crippen LogP contribution in [0.5, 0.6) is 0 Å². The Balaban J connectivity index is 1.52. The predicted molar refractivity (Wildman–Crippen MR) is 97.7 cm³/mol. The van der Waals surface area contributed by atoms with E-state index in [0.29, 0.717) is 13.1 Å². The average molecular weight is 319 g/mol. The van der Waals surface area contributed by atoms with E-state index >= 15 is 0 Å². The van der Waals surface area contributed by atoms with Crippen molar-refractivity contribution in [2.75, 3.05) is 13.6 Å². The quantitative estimate of drug-likeness (QED) is 0.717. The summed E-state index contributed by atoms with van der Waals surface area (Å²) in [4.78, 5) is 13.3. The van der Waals surface area contributed by atoms with Crippen LogP contribution in [-0.2, 0) is 17.9 Å². The summed E-state index contributed by atoms with van der Waals surface area (Å²) in [5.74, 6) is 0.0807. The number of amides is 1. The van der Waals surface area contributed by atoms with Crippen molar-refractivity contribution in [3.8, 4) is 0 Å². The molecular weight excluding hydrogens is 296 g/mol. The van der Waals surface area contributed by atoms with Crippen LogP contribution in [0, 0.1) is 0 Å². The third-order valence-electron chi connectivity index (χ3n) is 4.11. The van der Waals surface area contributed by atoms with Crippen molar-refractivity contribution >= 4 is 16.7 Å². The molecule has 0 spiro atoms. The van der Waals surface area contributed by atoms with Gasteiger partial charge >= 0.3 is 0 Å². The van der Waals surface area contributed by atoms with E-state index in [2.05, 4.69) is 54.8 Å². The van der Waals surface area contributed by atoms with Crippen molar-refractivity contribution in [1.82, 2.24) is 5.32 Å². The first-order chi connectivity index (χ1) is 11.7. The number of benzene rings is 3. The summed E-state index contributed by atoms with van der Waals surface area (Å²) in [6.45, 7) is 1.90. The molecule has 3 nitrogen and oxygen atoms in total. The molecule has 0 saturated carbocycles. The van der Waals surface area contributed by atoms with Gasteiger partial charge in [-0.1, -0.05) is 66.7 Å². The Hall–Kier alpha value is -2.65. The lowest BCUT2D eigenvalue weighted by Gasteiger charge is -2.14. The number of fused-ring (bicyclic) bond motifs is 1. The lowest BCUT2D eigenvalue weighted by Crippen LogP contribution is -3.08. The van der Waals surface area contributed by atoms with Crippen LogP contribution in [0.25, 0.3) is 10.8 Å². The van der Waals surface area contributed by atoms with Gasteiger partial charge in [0.15, 0.2) is 6.54 Å². The van der Waals surface area contributed by atoms with Crippen LogP contribution in [0.2, 0.25) is 0 Å². The van der Waals surface area contributed by atoms with E-state index in [1.165, 1.54) is 21.2 Å². The molecule has 3 aromatic rings. The highest BCUT2D eigenvalue weighted by Crippen LogP contribution is 2.14. The fourth-order valence-electron chi connectivity index (χ4n) is 2.89. The molecule has 1 unspecified atom stereocenters. The third kappa shape index (κ3) is 4.43. The maximum absolute atomic E-state index is 12.1. The largest absolute Gasteiger partial charge is 0.347 e. The molecule has 3 heteroatoms. The standard InChI is InChI=1S/C21H22N2O/c1-23(16-21(24)22-14-17-7-3-2-4-8-17)15-18-11-12-19-9-5-6-10-20(19)13-18/h2-13H,14-16H2,1H3,(H,22,24)/p+1. The Bertz CT molecular complexity index is 814. The second-order valence-corrected chi connectivity index (χ2v) is 6.25. The lowest BCUT2D eigenvalue weighted by atomic mass is 10.1. The number of carbonyl (C=O) groups excluding carboxylic acids is 1. The molecule has 0 saturated heterocycles. The van der Waals surface area contributed by atoms with Crippen LogP contribution in [0.1, 0.15) is 11.1 Å². The fraction of sp³-hybridized carbons (Fsp3) is 0.190. The zero-order valence-corrected chi connectivity index (χ0v) is 14.0. The summed E-state index contributed by atoms with van der Waals surface area (Å²) in [6, 6.07) is 24.8. The number of rotatable bonds is 6. The zero-order chi connectivity index (χ0) is 16.8. The Morgan fingerprint density at radius 2 is 1.58 bits per heavy atom. The van der Waals surface area contributed by atoms with Gasteiger partial charge in [-0.3, -0.25) is 4.79 Å².